The lowest BCUT2D eigenvalue weighted by atomic mass is 10.0. The Hall–Kier alpha value is -1.55. The summed E-state index contributed by atoms with van der Waals surface area (Å²) >= 11 is 5.99. The molecule has 0 aliphatic heterocycles. The topological polar surface area (TPSA) is 0 Å². The van der Waals surface area contributed by atoms with Gasteiger partial charge in [0.2, 0.25) is 0 Å². The Kier molecular flexibility index (Phi) is 3.80. The highest BCUT2D eigenvalue weighted by Gasteiger charge is 2.20. The highest BCUT2D eigenvalue weighted by molar-refractivity contribution is 6.22. The van der Waals surface area contributed by atoms with Gasteiger partial charge in [-0.25, -0.2) is 17.6 Å². The monoisotopic (exact) mass is 288 g/mol. The number of alkyl halides is 1. The van der Waals surface area contributed by atoms with Gasteiger partial charge >= 0.3 is 0 Å². The van der Waals surface area contributed by atoms with Gasteiger partial charge in [-0.1, -0.05) is 6.07 Å². The van der Waals surface area contributed by atoms with E-state index in [0.717, 1.165) is 12.1 Å². The molecule has 100 valence electrons. The molecule has 2 aromatic carbocycles. The fraction of sp³-hybridized carbons (Fsp3) is 0.143. The van der Waals surface area contributed by atoms with Crippen molar-refractivity contribution < 1.29 is 17.6 Å². The van der Waals surface area contributed by atoms with E-state index in [2.05, 4.69) is 0 Å². The van der Waals surface area contributed by atoms with E-state index >= 15 is 0 Å². The van der Waals surface area contributed by atoms with Crippen molar-refractivity contribution in [1.82, 2.24) is 0 Å². The fourth-order valence-electron chi connectivity index (χ4n) is 1.75. The Bertz CT molecular complexity index is 625. The third-order valence-electron chi connectivity index (χ3n) is 2.79. The molecule has 2 aromatic rings. The summed E-state index contributed by atoms with van der Waals surface area (Å²) in [6, 6.07) is 4.74. The van der Waals surface area contributed by atoms with Crippen molar-refractivity contribution in [2.75, 3.05) is 0 Å². The van der Waals surface area contributed by atoms with Gasteiger partial charge in [-0.2, -0.15) is 0 Å². The molecular weight excluding hydrogens is 280 g/mol. The first-order valence-corrected chi connectivity index (χ1v) is 5.88. The van der Waals surface area contributed by atoms with Crippen LogP contribution in [0.2, 0.25) is 0 Å². The molecule has 1 unspecified atom stereocenters. The average molecular weight is 289 g/mol. The van der Waals surface area contributed by atoms with Crippen LogP contribution in [-0.2, 0) is 0 Å². The first kappa shape index (κ1) is 13.9. The molecule has 0 amide bonds. The van der Waals surface area contributed by atoms with E-state index in [0.29, 0.717) is 12.1 Å². The summed E-state index contributed by atoms with van der Waals surface area (Å²) in [4.78, 5) is 0. The lowest BCUT2D eigenvalue weighted by molar-refractivity contribution is 0.560. The summed E-state index contributed by atoms with van der Waals surface area (Å²) in [5.41, 5.74) is 0.0867. The zero-order valence-corrected chi connectivity index (χ0v) is 10.6. The fourth-order valence-corrected chi connectivity index (χ4v) is 2.09. The zero-order valence-electron chi connectivity index (χ0n) is 9.85. The van der Waals surface area contributed by atoms with Crippen LogP contribution in [0, 0.1) is 30.2 Å². The quantitative estimate of drug-likeness (QED) is 0.546. The summed E-state index contributed by atoms with van der Waals surface area (Å²) < 4.78 is 53.2. The van der Waals surface area contributed by atoms with E-state index in [1.165, 1.54) is 13.0 Å². The SMILES string of the molecule is Cc1cc(C(Cl)c2ccc(F)cc2F)c(F)cc1F. The normalized spacial score (nSPS) is 12.5. The molecule has 2 rings (SSSR count). The van der Waals surface area contributed by atoms with Crippen molar-refractivity contribution in [3.8, 4) is 0 Å². The van der Waals surface area contributed by atoms with E-state index in [-0.39, 0.29) is 16.7 Å². The van der Waals surface area contributed by atoms with Crippen molar-refractivity contribution in [2.24, 2.45) is 0 Å². The van der Waals surface area contributed by atoms with Crippen molar-refractivity contribution in [3.63, 3.8) is 0 Å². The number of hydrogen-bond donors (Lipinski definition) is 0. The summed E-state index contributed by atoms with van der Waals surface area (Å²) in [5.74, 6) is -3.20. The summed E-state index contributed by atoms with van der Waals surface area (Å²) in [6.45, 7) is 1.45. The molecule has 0 aromatic heterocycles. The second-order valence-corrected chi connectivity index (χ2v) is 4.59. The molecule has 5 heteroatoms. The molecule has 0 nitrogen and oxygen atoms in total. The smallest absolute Gasteiger partial charge is 0.131 e. The number of aryl methyl sites for hydroxylation is 1. The van der Waals surface area contributed by atoms with Crippen LogP contribution in [0.1, 0.15) is 22.1 Å². The van der Waals surface area contributed by atoms with Gasteiger partial charge < -0.3 is 0 Å². The number of rotatable bonds is 2. The van der Waals surface area contributed by atoms with E-state index in [1.807, 2.05) is 0 Å². The molecular formula is C14H9ClF4. The van der Waals surface area contributed by atoms with Gasteiger partial charge in [-0.15, -0.1) is 11.6 Å². The maximum Gasteiger partial charge on any atom is 0.131 e. The van der Waals surface area contributed by atoms with Crippen LogP contribution in [0.3, 0.4) is 0 Å². The molecule has 0 aliphatic rings. The van der Waals surface area contributed by atoms with E-state index in [4.69, 9.17) is 11.6 Å². The minimum atomic E-state index is -1.15. The summed E-state index contributed by atoms with van der Waals surface area (Å²) in [7, 11) is 0. The Morgan fingerprint density at radius 1 is 0.842 bits per heavy atom. The standard InChI is InChI=1S/C14H9ClF4/c1-7-4-10(13(19)6-11(7)17)14(15)9-3-2-8(16)5-12(9)18/h2-6,14H,1H3. The summed E-state index contributed by atoms with van der Waals surface area (Å²) in [6.07, 6.45) is 0. The molecule has 0 saturated heterocycles. The van der Waals surface area contributed by atoms with Crippen LogP contribution >= 0.6 is 11.6 Å². The molecule has 0 N–H and O–H groups in total. The third-order valence-corrected chi connectivity index (χ3v) is 3.26. The lowest BCUT2D eigenvalue weighted by Gasteiger charge is -2.13. The minimum Gasteiger partial charge on any atom is -0.207 e. The van der Waals surface area contributed by atoms with Crippen LogP contribution in [0.4, 0.5) is 17.6 Å². The molecule has 19 heavy (non-hydrogen) atoms. The molecule has 0 heterocycles. The maximum atomic E-state index is 13.7. The Morgan fingerprint density at radius 3 is 2.11 bits per heavy atom. The van der Waals surface area contributed by atoms with Crippen LogP contribution < -0.4 is 0 Å². The van der Waals surface area contributed by atoms with Gasteiger partial charge in [0.25, 0.3) is 0 Å². The average Bonchev–Trinajstić information content (AvgIpc) is 2.33. The van der Waals surface area contributed by atoms with Gasteiger partial charge in [0.1, 0.15) is 23.3 Å². The molecule has 0 bridgehead atoms. The highest BCUT2D eigenvalue weighted by atomic mass is 35.5. The second kappa shape index (κ2) is 5.21. The largest absolute Gasteiger partial charge is 0.207 e. The van der Waals surface area contributed by atoms with Crippen molar-refractivity contribution in [2.45, 2.75) is 12.3 Å². The van der Waals surface area contributed by atoms with Gasteiger partial charge in [-0.05, 0) is 24.6 Å². The first-order chi connectivity index (χ1) is 8.90. The van der Waals surface area contributed by atoms with Gasteiger partial charge in [0.15, 0.2) is 0 Å². The molecule has 0 aliphatic carbocycles. The summed E-state index contributed by atoms with van der Waals surface area (Å²) in [5, 5.41) is -1.15. The van der Waals surface area contributed by atoms with Crippen molar-refractivity contribution in [1.29, 1.82) is 0 Å². The number of hydrogen-bond acceptors (Lipinski definition) is 0. The third kappa shape index (κ3) is 2.73. The Balaban J connectivity index is 2.49. The van der Waals surface area contributed by atoms with Crippen LogP contribution in [0.15, 0.2) is 30.3 Å². The molecule has 0 fully saturated rings. The Labute approximate surface area is 112 Å². The Morgan fingerprint density at radius 2 is 1.47 bits per heavy atom. The molecule has 0 radical (unpaired) electrons. The van der Waals surface area contributed by atoms with E-state index < -0.39 is 28.6 Å². The first-order valence-electron chi connectivity index (χ1n) is 5.44. The zero-order chi connectivity index (χ0) is 14.2. The lowest BCUT2D eigenvalue weighted by Crippen LogP contribution is -2.02. The minimum absolute atomic E-state index is 0.0499. The molecule has 0 saturated carbocycles. The van der Waals surface area contributed by atoms with Gasteiger partial charge in [-0.3, -0.25) is 0 Å². The van der Waals surface area contributed by atoms with Crippen molar-refractivity contribution >= 4 is 11.6 Å². The van der Waals surface area contributed by atoms with Crippen LogP contribution in [0.25, 0.3) is 0 Å². The van der Waals surface area contributed by atoms with Crippen molar-refractivity contribution in [3.05, 3.63) is 70.3 Å². The van der Waals surface area contributed by atoms with E-state index in [9.17, 15) is 17.6 Å². The number of halogens is 5. The molecule has 1 atom stereocenters. The maximum absolute atomic E-state index is 13.7. The predicted molar refractivity (Wildman–Crippen MR) is 65.1 cm³/mol. The van der Waals surface area contributed by atoms with Crippen LogP contribution in [-0.4, -0.2) is 0 Å². The second-order valence-electron chi connectivity index (χ2n) is 4.15. The number of benzene rings is 2. The highest BCUT2D eigenvalue weighted by Crippen LogP contribution is 2.33. The molecule has 0 spiro atoms. The van der Waals surface area contributed by atoms with Crippen LogP contribution in [0.5, 0.6) is 0 Å². The van der Waals surface area contributed by atoms with Gasteiger partial charge in [0, 0.05) is 23.3 Å². The van der Waals surface area contributed by atoms with Gasteiger partial charge in [0.05, 0.1) is 5.38 Å². The predicted octanol–water partition coefficient (Wildman–Crippen LogP) is 4.88. The van der Waals surface area contributed by atoms with E-state index in [1.54, 1.807) is 0 Å².